The number of nitrogens with one attached hydrogen (secondary N) is 1. The van der Waals surface area contributed by atoms with Gasteiger partial charge in [0.2, 0.25) is 11.8 Å². The Bertz CT molecular complexity index is 1490. The number of amidine groups is 1. The van der Waals surface area contributed by atoms with E-state index in [1.54, 1.807) is 0 Å². The second-order valence-electron chi connectivity index (χ2n) is 12.5. The van der Waals surface area contributed by atoms with Gasteiger partial charge in [0, 0.05) is 53.9 Å². The number of carbonyl (C=O) groups is 2. The van der Waals surface area contributed by atoms with E-state index in [9.17, 15) is 9.59 Å². The van der Waals surface area contributed by atoms with E-state index in [4.69, 9.17) is 10.5 Å². The molecule has 5 rings (SSSR count). The summed E-state index contributed by atoms with van der Waals surface area (Å²) in [7, 11) is 4.09. The van der Waals surface area contributed by atoms with Crippen LogP contribution in [-0.2, 0) is 16.0 Å². The normalized spacial score (nSPS) is 18.3. The van der Waals surface area contributed by atoms with Crippen molar-refractivity contribution in [3.8, 4) is 17.0 Å². The van der Waals surface area contributed by atoms with Crippen molar-refractivity contribution in [2.24, 2.45) is 38.7 Å². The summed E-state index contributed by atoms with van der Waals surface area (Å²) in [5.74, 6) is 1.20. The Balaban J connectivity index is 1.24. The molecule has 2 heterocycles. The molecular formula is C36H45N7O3. The maximum absolute atomic E-state index is 13.7. The number of ketones is 1. The molecule has 10 nitrogen and oxygen atoms in total. The van der Waals surface area contributed by atoms with Crippen molar-refractivity contribution in [1.82, 2.24) is 9.88 Å². The number of benzene rings is 2. The minimum absolute atomic E-state index is 0.00598. The van der Waals surface area contributed by atoms with Crippen LogP contribution >= 0.6 is 0 Å². The lowest BCUT2D eigenvalue weighted by molar-refractivity contribution is -0.129. The molecule has 0 spiro atoms. The molecule has 3 aromatic rings. The van der Waals surface area contributed by atoms with Crippen LogP contribution in [0.2, 0.25) is 0 Å². The molecule has 1 saturated carbocycles. The van der Waals surface area contributed by atoms with Crippen LogP contribution < -0.4 is 15.8 Å². The topological polar surface area (TPSA) is 135 Å². The zero-order chi connectivity index (χ0) is 32.3. The number of nitrogens with two attached hydrogens (primary N) is 1. The second kappa shape index (κ2) is 16.3. The Labute approximate surface area is 271 Å². The van der Waals surface area contributed by atoms with Gasteiger partial charge in [0.25, 0.3) is 0 Å². The molecule has 2 aliphatic rings. The molecular weight excluding hydrogens is 578 g/mol. The van der Waals surface area contributed by atoms with Crippen molar-refractivity contribution >= 4 is 23.2 Å². The number of hydrogen-bond acceptors (Lipinski definition) is 9. The first kappa shape index (κ1) is 33.1. The molecule has 242 valence electrons. The van der Waals surface area contributed by atoms with Crippen molar-refractivity contribution in [3.05, 3.63) is 78.0 Å². The average Bonchev–Trinajstić information content (AvgIpc) is 3.63. The molecule has 0 unspecified atom stereocenters. The lowest BCUT2D eigenvalue weighted by atomic mass is 9.77. The van der Waals surface area contributed by atoms with Crippen LogP contribution in [-0.4, -0.2) is 67.9 Å². The molecule has 46 heavy (non-hydrogen) atoms. The maximum atomic E-state index is 13.7. The van der Waals surface area contributed by atoms with Gasteiger partial charge in [-0.2, -0.15) is 5.11 Å². The minimum Gasteiger partial charge on any atom is -0.478 e. The van der Waals surface area contributed by atoms with E-state index in [1.807, 2.05) is 81.0 Å². The number of nitrogens with zero attached hydrogens (tertiary/aromatic N) is 5. The number of azo groups is 1. The van der Waals surface area contributed by atoms with E-state index in [0.29, 0.717) is 49.6 Å². The molecule has 1 aliphatic carbocycles. The molecule has 0 saturated heterocycles. The van der Waals surface area contributed by atoms with Crippen LogP contribution in [0.5, 0.6) is 5.88 Å². The van der Waals surface area contributed by atoms with Crippen molar-refractivity contribution in [2.75, 3.05) is 45.8 Å². The van der Waals surface area contributed by atoms with E-state index in [2.05, 4.69) is 30.4 Å². The zero-order valence-electron chi connectivity index (χ0n) is 26.9. The smallest absolute Gasteiger partial charge is 0.228 e. The summed E-state index contributed by atoms with van der Waals surface area (Å²) in [4.78, 5) is 38.0. The number of aliphatic imine (C=N–C) groups is 1. The van der Waals surface area contributed by atoms with Crippen LogP contribution in [0, 0.1) is 17.8 Å². The van der Waals surface area contributed by atoms with Gasteiger partial charge >= 0.3 is 0 Å². The highest BCUT2D eigenvalue weighted by Crippen LogP contribution is 2.31. The van der Waals surface area contributed by atoms with Crippen LogP contribution in [0.15, 0.2) is 82.1 Å². The summed E-state index contributed by atoms with van der Waals surface area (Å²) in [6.45, 7) is 2.60. The van der Waals surface area contributed by atoms with Crippen molar-refractivity contribution in [1.29, 1.82) is 0 Å². The number of hydrogen-bond donors (Lipinski definition) is 2. The Kier molecular flexibility index (Phi) is 11.7. The van der Waals surface area contributed by atoms with Gasteiger partial charge in [-0.3, -0.25) is 9.59 Å². The first-order valence-electron chi connectivity index (χ1n) is 16.3. The maximum Gasteiger partial charge on any atom is 0.228 e. The Morgan fingerprint density at radius 3 is 2.30 bits per heavy atom. The van der Waals surface area contributed by atoms with E-state index in [0.717, 1.165) is 60.9 Å². The molecule has 1 fully saturated rings. The molecule has 0 radical (unpaired) electrons. The first-order valence-corrected chi connectivity index (χ1v) is 16.3. The first-order chi connectivity index (χ1) is 22.4. The van der Waals surface area contributed by atoms with Gasteiger partial charge in [0.1, 0.15) is 5.78 Å². The summed E-state index contributed by atoms with van der Waals surface area (Å²) in [6, 6.07) is 19.4. The third-order valence-corrected chi connectivity index (χ3v) is 8.82. The molecule has 10 heteroatoms. The minimum atomic E-state index is -0.496. The monoisotopic (exact) mass is 623 g/mol. The predicted octanol–water partition coefficient (Wildman–Crippen LogP) is 5.77. The molecule has 2 aromatic carbocycles. The Hall–Kier alpha value is -4.28. The van der Waals surface area contributed by atoms with Crippen LogP contribution in [0.25, 0.3) is 11.1 Å². The van der Waals surface area contributed by atoms with Crippen LogP contribution in [0.3, 0.4) is 0 Å². The van der Waals surface area contributed by atoms with Crippen LogP contribution in [0.4, 0.5) is 5.69 Å². The number of pyridine rings is 1. The fourth-order valence-corrected chi connectivity index (χ4v) is 6.02. The van der Waals surface area contributed by atoms with Gasteiger partial charge in [-0.05, 0) is 107 Å². The summed E-state index contributed by atoms with van der Waals surface area (Å²) in [5, 5.41) is 11.0. The van der Waals surface area contributed by atoms with Gasteiger partial charge < -0.3 is 20.7 Å². The van der Waals surface area contributed by atoms with Gasteiger partial charge in [-0.25, -0.2) is 9.98 Å². The third-order valence-electron chi connectivity index (χ3n) is 8.82. The summed E-state index contributed by atoms with van der Waals surface area (Å²) < 4.78 is 5.77. The summed E-state index contributed by atoms with van der Waals surface area (Å²) in [6.07, 6.45) is 7.07. The largest absolute Gasteiger partial charge is 0.478 e. The standard InChI is InChI=1S/C36H45N7O3/c1-43(2)18-3-19-46-34-17-14-30(23-38-34)27-8-4-25(5-9-27)20-31(21-33(44)28-10-6-26(22-37)7-11-28)36(45)41-32-15-12-29(13-16-32)35-39-24-40-42-35/h4-5,8-9,12-17,23,26,28,31H,3,6-7,10-11,18-22,24,37H2,1-2H3,(H,41,45)/t26?,28?,31-/m1/s1. The van der Waals surface area contributed by atoms with E-state index in [-0.39, 0.29) is 24.0 Å². The van der Waals surface area contributed by atoms with E-state index in [1.165, 1.54) is 0 Å². The van der Waals surface area contributed by atoms with Gasteiger partial charge in [0.05, 0.1) is 6.61 Å². The molecule has 0 bridgehead atoms. The molecule has 1 amide bonds. The fourth-order valence-electron chi connectivity index (χ4n) is 6.02. The number of Topliss-reactive ketones (excluding diaryl/α,β-unsaturated/α-hetero) is 1. The highest BCUT2D eigenvalue weighted by molar-refractivity contribution is 6.01. The molecule has 1 atom stereocenters. The van der Waals surface area contributed by atoms with E-state index < -0.39 is 5.92 Å². The zero-order valence-corrected chi connectivity index (χ0v) is 26.9. The van der Waals surface area contributed by atoms with E-state index >= 15 is 0 Å². The van der Waals surface area contributed by atoms with Gasteiger partial charge in [-0.15, -0.1) is 5.11 Å². The molecule has 1 aliphatic heterocycles. The Morgan fingerprint density at radius 1 is 0.957 bits per heavy atom. The highest BCUT2D eigenvalue weighted by atomic mass is 16.5. The Morgan fingerprint density at radius 2 is 1.67 bits per heavy atom. The lowest BCUT2D eigenvalue weighted by Gasteiger charge is -2.27. The number of aromatic nitrogens is 1. The van der Waals surface area contributed by atoms with Gasteiger partial charge in [-0.1, -0.05) is 24.3 Å². The number of ether oxygens (including phenoxy) is 1. The van der Waals surface area contributed by atoms with Crippen LogP contribution in [0.1, 0.15) is 49.7 Å². The highest BCUT2D eigenvalue weighted by Gasteiger charge is 2.30. The third kappa shape index (κ3) is 9.37. The predicted molar refractivity (Wildman–Crippen MR) is 181 cm³/mol. The van der Waals surface area contributed by atoms with Gasteiger partial charge in [0.15, 0.2) is 12.5 Å². The number of carbonyl (C=O) groups excluding carboxylic acids is 2. The van der Waals surface area contributed by atoms with Crippen molar-refractivity contribution < 1.29 is 14.3 Å². The number of rotatable bonds is 15. The number of anilines is 1. The van der Waals surface area contributed by atoms with Crippen molar-refractivity contribution in [3.63, 3.8) is 0 Å². The molecule has 3 N–H and O–H groups in total. The summed E-state index contributed by atoms with van der Waals surface area (Å²) >= 11 is 0. The molecule has 1 aromatic heterocycles. The fraction of sp³-hybridized carbons (Fsp3) is 0.444. The van der Waals surface area contributed by atoms with Crippen molar-refractivity contribution in [2.45, 2.75) is 44.9 Å². The SMILES string of the molecule is CN(C)CCCOc1ccc(-c2ccc(C[C@H](CC(=O)C3CCC(CN)CC3)C(=O)Nc3ccc(C4=NCN=N4)cc3)cc2)cn1. The average molecular weight is 624 g/mol. The lowest BCUT2D eigenvalue weighted by Crippen LogP contribution is -2.31. The second-order valence-corrected chi connectivity index (χ2v) is 12.5. The number of amides is 1. The quantitative estimate of drug-likeness (QED) is 0.206. The summed E-state index contributed by atoms with van der Waals surface area (Å²) in [5.41, 5.74) is 10.4.